The first-order valence-corrected chi connectivity index (χ1v) is 4.01. The molecule has 2 aromatic rings. The van der Waals surface area contributed by atoms with Crippen molar-refractivity contribution in [3.63, 3.8) is 0 Å². The Morgan fingerprint density at radius 3 is 2.69 bits per heavy atom. The van der Waals surface area contributed by atoms with Crippen LogP contribution in [0.3, 0.4) is 0 Å². The largest absolute Gasteiger partial charge is 0.350 e. The molecule has 1 heterocycles. The van der Waals surface area contributed by atoms with Crippen LogP contribution in [0.1, 0.15) is 5.56 Å². The van der Waals surface area contributed by atoms with Gasteiger partial charge in [-0.2, -0.15) is 0 Å². The van der Waals surface area contributed by atoms with Crippen molar-refractivity contribution in [3.05, 3.63) is 35.5 Å². The van der Waals surface area contributed by atoms with Crippen LogP contribution in [0.15, 0.2) is 18.3 Å². The minimum Gasteiger partial charge on any atom is -0.350 e. The van der Waals surface area contributed by atoms with Gasteiger partial charge in [0.15, 0.2) is 11.6 Å². The normalized spacial score (nSPS) is 11.1. The second-order valence-corrected chi connectivity index (χ2v) is 3.16. The first-order chi connectivity index (χ1) is 6.11. The van der Waals surface area contributed by atoms with Gasteiger partial charge in [-0.1, -0.05) is 0 Å². The van der Waals surface area contributed by atoms with Crippen LogP contribution in [0.4, 0.5) is 8.78 Å². The van der Waals surface area contributed by atoms with E-state index in [1.165, 1.54) is 6.07 Å². The summed E-state index contributed by atoms with van der Waals surface area (Å²) in [7, 11) is 1.81. The molecule has 0 N–H and O–H groups in total. The second-order valence-electron chi connectivity index (χ2n) is 3.16. The Hall–Kier alpha value is -1.38. The molecule has 0 bridgehead atoms. The molecule has 0 unspecified atom stereocenters. The summed E-state index contributed by atoms with van der Waals surface area (Å²) < 4.78 is 27.8. The number of aromatic nitrogens is 1. The highest BCUT2D eigenvalue weighted by molar-refractivity contribution is 5.83. The summed E-state index contributed by atoms with van der Waals surface area (Å²) in [5.74, 6) is -1.54. The van der Waals surface area contributed by atoms with E-state index >= 15 is 0 Å². The molecule has 0 aliphatic heterocycles. The molecule has 0 fully saturated rings. The molecule has 1 nitrogen and oxygen atoms in total. The molecule has 0 aliphatic carbocycles. The molecule has 0 radical (unpaired) electrons. The summed E-state index contributed by atoms with van der Waals surface area (Å²) in [6.45, 7) is 1.58. The van der Waals surface area contributed by atoms with E-state index in [0.29, 0.717) is 5.56 Å². The van der Waals surface area contributed by atoms with Crippen molar-refractivity contribution < 1.29 is 8.78 Å². The number of benzene rings is 1. The third kappa shape index (κ3) is 1.03. The van der Waals surface area contributed by atoms with Crippen molar-refractivity contribution >= 4 is 10.9 Å². The number of nitrogens with zero attached hydrogens (tertiary/aromatic N) is 1. The van der Waals surface area contributed by atoms with Crippen LogP contribution >= 0.6 is 0 Å². The molecule has 1 aromatic heterocycles. The average Bonchev–Trinajstić information content (AvgIpc) is 2.43. The van der Waals surface area contributed by atoms with Gasteiger partial charge in [0.25, 0.3) is 0 Å². The molecule has 0 saturated heterocycles. The van der Waals surface area contributed by atoms with E-state index in [4.69, 9.17) is 0 Å². The fourth-order valence-electron chi connectivity index (χ4n) is 1.63. The zero-order valence-corrected chi connectivity index (χ0v) is 7.44. The maximum Gasteiger partial charge on any atom is 0.163 e. The molecule has 1 aromatic carbocycles. The lowest BCUT2D eigenvalue weighted by molar-refractivity contribution is 0.505. The Balaban J connectivity index is 2.97. The monoisotopic (exact) mass is 181 g/mol. The molecular formula is C10H9F2N. The van der Waals surface area contributed by atoms with Gasteiger partial charge in [0.05, 0.1) is 5.52 Å². The first-order valence-electron chi connectivity index (χ1n) is 4.01. The van der Waals surface area contributed by atoms with Crippen molar-refractivity contribution in [1.29, 1.82) is 0 Å². The van der Waals surface area contributed by atoms with E-state index in [0.717, 1.165) is 10.9 Å². The van der Waals surface area contributed by atoms with E-state index in [-0.39, 0.29) is 0 Å². The molecule has 2 rings (SSSR count). The molecule has 0 spiro atoms. The highest BCUT2D eigenvalue weighted by Gasteiger charge is 2.11. The molecule has 13 heavy (non-hydrogen) atoms. The van der Waals surface area contributed by atoms with E-state index in [2.05, 4.69) is 0 Å². The molecule has 3 heteroatoms. The summed E-state index contributed by atoms with van der Waals surface area (Å²) in [5, 5.41) is 0.735. The van der Waals surface area contributed by atoms with Gasteiger partial charge >= 0.3 is 0 Å². The second kappa shape index (κ2) is 2.55. The fourth-order valence-corrected chi connectivity index (χ4v) is 1.63. The highest BCUT2D eigenvalue weighted by Crippen LogP contribution is 2.23. The third-order valence-electron chi connectivity index (χ3n) is 2.28. The van der Waals surface area contributed by atoms with Crippen molar-refractivity contribution in [2.45, 2.75) is 6.92 Å². The van der Waals surface area contributed by atoms with Crippen LogP contribution in [-0.2, 0) is 7.05 Å². The van der Waals surface area contributed by atoms with Gasteiger partial charge < -0.3 is 4.57 Å². The van der Waals surface area contributed by atoms with Gasteiger partial charge in [-0.15, -0.1) is 0 Å². The zero-order chi connectivity index (χ0) is 9.59. The summed E-state index contributed by atoms with van der Waals surface area (Å²) in [5.41, 5.74) is 1.11. The molecule has 0 aliphatic rings. The molecule has 0 saturated carbocycles. The number of hydrogen-bond acceptors (Lipinski definition) is 0. The number of aryl methyl sites for hydroxylation is 2. The van der Waals surface area contributed by atoms with Crippen LogP contribution in [0.25, 0.3) is 10.9 Å². The Labute approximate surface area is 74.6 Å². The Bertz CT molecular complexity index is 471. The average molecular weight is 181 g/mol. The van der Waals surface area contributed by atoms with E-state index < -0.39 is 11.6 Å². The maximum absolute atomic E-state index is 13.1. The number of hydrogen-bond donors (Lipinski definition) is 0. The van der Waals surface area contributed by atoms with E-state index in [1.807, 2.05) is 7.05 Å². The van der Waals surface area contributed by atoms with Crippen LogP contribution in [0, 0.1) is 18.6 Å². The topological polar surface area (TPSA) is 4.93 Å². The summed E-state index contributed by atoms with van der Waals surface area (Å²) in [6, 6.07) is 2.99. The predicted molar refractivity (Wildman–Crippen MR) is 47.6 cm³/mol. The van der Waals surface area contributed by atoms with Gasteiger partial charge in [0, 0.05) is 24.2 Å². The molecule has 0 atom stereocenters. The summed E-state index contributed by atoms with van der Waals surface area (Å²) in [6.07, 6.45) is 1.79. The zero-order valence-electron chi connectivity index (χ0n) is 7.44. The van der Waals surface area contributed by atoms with Gasteiger partial charge in [0.1, 0.15) is 0 Å². The summed E-state index contributed by atoms with van der Waals surface area (Å²) in [4.78, 5) is 0. The smallest absolute Gasteiger partial charge is 0.163 e. The first kappa shape index (κ1) is 8.23. The highest BCUT2D eigenvalue weighted by atomic mass is 19.2. The molecule has 0 amide bonds. The third-order valence-corrected chi connectivity index (χ3v) is 2.28. The minimum atomic E-state index is -0.781. The summed E-state index contributed by atoms with van der Waals surface area (Å²) >= 11 is 0. The van der Waals surface area contributed by atoms with Gasteiger partial charge in [-0.05, 0) is 19.1 Å². The van der Waals surface area contributed by atoms with Crippen LogP contribution in [-0.4, -0.2) is 4.57 Å². The maximum atomic E-state index is 13.1. The van der Waals surface area contributed by atoms with Crippen molar-refractivity contribution in [3.8, 4) is 0 Å². The Morgan fingerprint density at radius 2 is 2.00 bits per heavy atom. The lowest BCUT2D eigenvalue weighted by Gasteiger charge is -2.03. The predicted octanol–water partition coefficient (Wildman–Crippen LogP) is 2.76. The van der Waals surface area contributed by atoms with E-state index in [9.17, 15) is 8.78 Å². The molecular weight excluding hydrogens is 172 g/mol. The SMILES string of the molecule is Cc1c(F)c(F)cc2ccn(C)c12. The van der Waals surface area contributed by atoms with Crippen LogP contribution in [0.2, 0.25) is 0 Å². The Morgan fingerprint density at radius 1 is 1.31 bits per heavy atom. The quantitative estimate of drug-likeness (QED) is 0.589. The van der Waals surface area contributed by atoms with E-state index in [1.54, 1.807) is 23.8 Å². The standard InChI is InChI=1S/C10H9F2N/c1-6-9(12)8(11)5-7-3-4-13(2)10(6)7/h3-5H,1-2H3. The van der Waals surface area contributed by atoms with Crippen molar-refractivity contribution in [2.75, 3.05) is 0 Å². The number of halogens is 2. The van der Waals surface area contributed by atoms with Gasteiger partial charge in [-0.3, -0.25) is 0 Å². The van der Waals surface area contributed by atoms with Crippen molar-refractivity contribution in [2.24, 2.45) is 7.05 Å². The van der Waals surface area contributed by atoms with Crippen molar-refractivity contribution in [1.82, 2.24) is 4.57 Å². The number of fused-ring (bicyclic) bond motifs is 1. The van der Waals surface area contributed by atoms with Gasteiger partial charge in [-0.25, -0.2) is 8.78 Å². The number of rotatable bonds is 0. The molecule has 68 valence electrons. The fraction of sp³-hybridized carbons (Fsp3) is 0.200. The Kier molecular flexibility index (Phi) is 1.62. The minimum absolute atomic E-state index is 0.363. The van der Waals surface area contributed by atoms with Gasteiger partial charge in [0.2, 0.25) is 0 Å². The van der Waals surface area contributed by atoms with Crippen LogP contribution in [0.5, 0.6) is 0 Å². The lowest BCUT2D eigenvalue weighted by atomic mass is 10.1. The van der Waals surface area contributed by atoms with Crippen LogP contribution < -0.4 is 0 Å². The lowest BCUT2D eigenvalue weighted by Crippen LogP contribution is -1.94.